The fraction of sp³-hybridized carbons (Fsp3) is 0.500. The van der Waals surface area contributed by atoms with Gasteiger partial charge in [0, 0.05) is 23.3 Å². The number of ether oxygens (including phenoxy) is 6. The van der Waals surface area contributed by atoms with Gasteiger partial charge in [-0.05, 0) is 24.3 Å². The SMILES string of the molecule is COc1cc(OC)cc(C(=O)C(=O)c2cc(O[C@@H]3O[C@H](CO)[C@@H](O)[C@H](O)[C@H]3O)cc(O[C@@H]3O[C@H](CO)[C@@H](O)[C@H](O)[C@H]3O)c2)c1. The Morgan fingerprint density at radius 1 is 0.568 bits per heavy atom. The maximum absolute atomic E-state index is 13.4. The third-order valence-corrected chi connectivity index (χ3v) is 7.16. The molecule has 2 aromatic carbocycles. The van der Waals surface area contributed by atoms with Crippen LogP contribution in [0.4, 0.5) is 0 Å². The summed E-state index contributed by atoms with van der Waals surface area (Å²) in [5, 5.41) is 80.3. The molecule has 0 radical (unpaired) electrons. The van der Waals surface area contributed by atoms with Gasteiger partial charge in [0.25, 0.3) is 0 Å². The second-order valence-electron chi connectivity index (χ2n) is 10.1. The van der Waals surface area contributed by atoms with Crippen LogP contribution < -0.4 is 18.9 Å². The fourth-order valence-corrected chi connectivity index (χ4v) is 4.64. The van der Waals surface area contributed by atoms with E-state index >= 15 is 0 Å². The molecule has 8 N–H and O–H groups in total. The molecule has 2 heterocycles. The van der Waals surface area contributed by atoms with Crippen LogP contribution in [0.5, 0.6) is 23.0 Å². The van der Waals surface area contributed by atoms with Gasteiger partial charge in [0.2, 0.25) is 24.1 Å². The highest BCUT2D eigenvalue weighted by Gasteiger charge is 2.46. The number of benzene rings is 2. The first-order valence-corrected chi connectivity index (χ1v) is 13.3. The molecule has 16 nitrogen and oxygen atoms in total. The molecule has 0 aliphatic carbocycles. The molecule has 2 saturated heterocycles. The Morgan fingerprint density at radius 3 is 1.25 bits per heavy atom. The van der Waals surface area contributed by atoms with Crippen molar-refractivity contribution in [2.24, 2.45) is 0 Å². The molecule has 44 heavy (non-hydrogen) atoms. The van der Waals surface area contributed by atoms with E-state index in [9.17, 15) is 50.4 Å². The third kappa shape index (κ3) is 6.94. The number of aliphatic hydroxyl groups excluding tert-OH is 8. The van der Waals surface area contributed by atoms with Gasteiger partial charge >= 0.3 is 0 Å². The summed E-state index contributed by atoms with van der Waals surface area (Å²) < 4.78 is 32.3. The summed E-state index contributed by atoms with van der Waals surface area (Å²) in [4.78, 5) is 26.7. The number of methoxy groups -OCH3 is 2. The second-order valence-corrected chi connectivity index (χ2v) is 10.1. The Bertz CT molecular complexity index is 1240. The minimum atomic E-state index is -1.83. The number of rotatable bonds is 11. The zero-order chi connectivity index (χ0) is 32.3. The van der Waals surface area contributed by atoms with Crippen LogP contribution in [0.2, 0.25) is 0 Å². The largest absolute Gasteiger partial charge is 0.497 e. The van der Waals surface area contributed by atoms with E-state index in [1.165, 1.54) is 32.4 Å². The van der Waals surface area contributed by atoms with Crippen molar-refractivity contribution in [3.8, 4) is 23.0 Å². The van der Waals surface area contributed by atoms with Crippen LogP contribution in [0.3, 0.4) is 0 Å². The Balaban J connectivity index is 1.70. The Kier molecular flexibility index (Phi) is 10.7. The minimum absolute atomic E-state index is 0.0946. The zero-order valence-electron chi connectivity index (χ0n) is 23.5. The average molecular weight is 627 g/mol. The molecule has 0 spiro atoms. The fourth-order valence-electron chi connectivity index (χ4n) is 4.64. The van der Waals surface area contributed by atoms with Crippen molar-refractivity contribution in [2.75, 3.05) is 27.4 Å². The monoisotopic (exact) mass is 626 g/mol. The lowest BCUT2D eigenvalue weighted by Crippen LogP contribution is -2.60. The van der Waals surface area contributed by atoms with E-state index in [2.05, 4.69) is 0 Å². The number of carbonyl (C=O) groups excluding carboxylic acids is 2. The molecule has 0 bridgehead atoms. The van der Waals surface area contributed by atoms with Crippen molar-refractivity contribution in [3.05, 3.63) is 47.5 Å². The molecular formula is C28H34O16. The van der Waals surface area contributed by atoms with Gasteiger partial charge in [-0.2, -0.15) is 0 Å². The van der Waals surface area contributed by atoms with Crippen LogP contribution in [-0.2, 0) is 9.47 Å². The lowest BCUT2D eigenvalue weighted by Gasteiger charge is -2.40. The van der Waals surface area contributed by atoms with Crippen molar-refractivity contribution >= 4 is 11.6 Å². The number of aliphatic hydroxyl groups is 8. The van der Waals surface area contributed by atoms with E-state index < -0.39 is 86.2 Å². The Morgan fingerprint density at radius 2 is 0.909 bits per heavy atom. The maximum Gasteiger partial charge on any atom is 0.233 e. The van der Waals surface area contributed by atoms with E-state index in [0.29, 0.717) is 0 Å². The smallest absolute Gasteiger partial charge is 0.233 e. The van der Waals surface area contributed by atoms with Crippen molar-refractivity contribution in [1.82, 2.24) is 0 Å². The molecule has 0 saturated carbocycles. The third-order valence-electron chi connectivity index (χ3n) is 7.16. The van der Waals surface area contributed by atoms with E-state index in [-0.39, 0.29) is 34.1 Å². The van der Waals surface area contributed by atoms with Crippen LogP contribution in [0.1, 0.15) is 20.7 Å². The molecule has 4 rings (SSSR count). The van der Waals surface area contributed by atoms with Gasteiger partial charge in [0.05, 0.1) is 27.4 Å². The molecular weight excluding hydrogens is 592 g/mol. The van der Waals surface area contributed by atoms with Crippen LogP contribution in [0.25, 0.3) is 0 Å². The first-order chi connectivity index (χ1) is 20.9. The normalized spacial score (nSPS) is 32.0. The Hall–Kier alpha value is -3.42. The molecule has 2 fully saturated rings. The molecule has 0 amide bonds. The van der Waals surface area contributed by atoms with Crippen LogP contribution >= 0.6 is 0 Å². The summed E-state index contributed by atoms with van der Waals surface area (Å²) >= 11 is 0. The number of hydrogen-bond acceptors (Lipinski definition) is 16. The van der Waals surface area contributed by atoms with Gasteiger partial charge in [0.1, 0.15) is 71.8 Å². The van der Waals surface area contributed by atoms with Crippen LogP contribution in [0.15, 0.2) is 36.4 Å². The summed E-state index contributed by atoms with van der Waals surface area (Å²) in [5.74, 6) is -2.20. The molecule has 2 aliphatic rings. The van der Waals surface area contributed by atoms with Gasteiger partial charge in [-0.1, -0.05) is 0 Å². The lowest BCUT2D eigenvalue weighted by molar-refractivity contribution is -0.278. The number of ketones is 2. The quantitative estimate of drug-likeness (QED) is 0.0921. The molecule has 0 unspecified atom stereocenters. The summed E-state index contributed by atoms with van der Waals surface area (Å²) in [6.45, 7) is -1.49. The van der Waals surface area contributed by atoms with E-state index in [1.807, 2.05) is 0 Å². The standard InChI is InChI=1S/C28H34O16/c1-39-13-3-11(4-14(7-13)40-2)19(31)20(32)12-5-15(41-27-25(37)23(35)21(33)17(9-29)43-27)8-16(6-12)42-28-26(38)24(36)22(34)18(10-30)44-28/h3-8,17-18,21-30,33-38H,9-10H2,1-2H3/t17-,18-,21-,22-,23+,24+,25-,26-,27-,28-/m1/s1. The van der Waals surface area contributed by atoms with Crippen molar-refractivity contribution in [1.29, 1.82) is 0 Å². The predicted molar refractivity (Wildman–Crippen MR) is 143 cm³/mol. The highest BCUT2D eigenvalue weighted by atomic mass is 16.7. The lowest BCUT2D eigenvalue weighted by atomic mass is 9.99. The zero-order valence-corrected chi connectivity index (χ0v) is 23.5. The topological polar surface area (TPSA) is 251 Å². The Labute approximate surface area is 250 Å². The first-order valence-electron chi connectivity index (χ1n) is 13.3. The minimum Gasteiger partial charge on any atom is -0.497 e. The average Bonchev–Trinajstić information content (AvgIpc) is 3.04. The van der Waals surface area contributed by atoms with E-state index in [1.54, 1.807) is 0 Å². The molecule has 16 heteroatoms. The number of carbonyl (C=O) groups is 2. The van der Waals surface area contributed by atoms with Crippen LogP contribution in [-0.4, -0.2) is 141 Å². The van der Waals surface area contributed by atoms with Gasteiger partial charge in [-0.3, -0.25) is 9.59 Å². The van der Waals surface area contributed by atoms with Gasteiger partial charge < -0.3 is 69.3 Å². The van der Waals surface area contributed by atoms with Gasteiger partial charge in [-0.15, -0.1) is 0 Å². The summed E-state index contributed by atoms with van der Waals surface area (Å²) in [6, 6.07) is 7.39. The molecule has 0 aromatic heterocycles. The predicted octanol–water partition coefficient (Wildman–Crippen LogP) is -2.87. The number of hydrogen-bond donors (Lipinski definition) is 8. The van der Waals surface area contributed by atoms with Crippen molar-refractivity contribution < 1.29 is 78.9 Å². The second kappa shape index (κ2) is 14.1. The van der Waals surface area contributed by atoms with Crippen molar-refractivity contribution in [3.63, 3.8) is 0 Å². The first kappa shape index (κ1) is 33.5. The highest BCUT2D eigenvalue weighted by molar-refractivity contribution is 6.49. The number of Topliss-reactive ketones (excluding diaryl/α,β-unsaturated/α-hetero) is 2. The molecule has 10 atom stereocenters. The highest BCUT2D eigenvalue weighted by Crippen LogP contribution is 2.32. The summed E-state index contributed by atoms with van der Waals surface area (Å²) in [5.41, 5.74) is -0.429. The summed E-state index contributed by atoms with van der Waals surface area (Å²) in [6.07, 6.45) is -16.6. The summed E-state index contributed by atoms with van der Waals surface area (Å²) in [7, 11) is 2.71. The maximum atomic E-state index is 13.4. The van der Waals surface area contributed by atoms with Crippen LogP contribution in [0, 0.1) is 0 Å². The van der Waals surface area contributed by atoms with E-state index in [4.69, 9.17) is 28.4 Å². The van der Waals surface area contributed by atoms with Crippen molar-refractivity contribution in [2.45, 2.75) is 61.4 Å². The van der Waals surface area contributed by atoms with Gasteiger partial charge in [0.15, 0.2) is 0 Å². The molecule has 242 valence electrons. The molecule has 2 aromatic rings. The van der Waals surface area contributed by atoms with E-state index in [0.717, 1.165) is 18.2 Å². The molecule has 2 aliphatic heterocycles. The van der Waals surface area contributed by atoms with Gasteiger partial charge in [-0.25, -0.2) is 0 Å².